The van der Waals surface area contributed by atoms with Gasteiger partial charge in [-0.05, 0) is 62.2 Å². The minimum atomic E-state index is -0.784. The summed E-state index contributed by atoms with van der Waals surface area (Å²) in [7, 11) is 0. The highest BCUT2D eigenvalue weighted by Gasteiger charge is 2.27. The van der Waals surface area contributed by atoms with E-state index in [2.05, 4.69) is 41.5 Å². The van der Waals surface area contributed by atoms with E-state index in [0.29, 0.717) is 36.9 Å². The summed E-state index contributed by atoms with van der Waals surface area (Å²) in [6, 6.07) is 0. The first-order valence-electron chi connectivity index (χ1n) is 43.9. The molecule has 698 valence electrons. The van der Waals surface area contributed by atoms with Crippen LogP contribution in [-0.2, 0) is 129 Å². The summed E-state index contributed by atoms with van der Waals surface area (Å²) in [6.07, 6.45) is 12.5. The maximum atomic E-state index is 12.1. The van der Waals surface area contributed by atoms with E-state index >= 15 is 0 Å². The quantitative estimate of drug-likeness (QED) is 0.0310. The molecule has 0 fully saturated rings. The van der Waals surface area contributed by atoms with Crippen LogP contribution in [0.15, 0.2) is 0 Å². The zero-order chi connectivity index (χ0) is 93.2. The van der Waals surface area contributed by atoms with Gasteiger partial charge in [0.2, 0.25) is 0 Å². The van der Waals surface area contributed by atoms with Crippen LogP contribution in [0.25, 0.3) is 0 Å². The Morgan fingerprint density at radius 2 is 0.403 bits per heavy atom. The van der Waals surface area contributed by atoms with Crippen LogP contribution < -0.4 is 0 Å². The third-order valence-electron chi connectivity index (χ3n) is 15.9. The van der Waals surface area contributed by atoms with Crippen molar-refractivity contribution in [2.45, 2.75) is 368 Å². The number of ketones is 1. The monoisotopic (exact) mass is 1710 g/mol. The van der Waals surface area contributed by atoms with E-state index in [9.17, 15) is 67.1 Å². The molecule has 0 bridgehead atoms. The molecule has 0 aliphatic rings. The number of hydrogen-bond acceptors (Lipinski definition) is 27. The van der Waals surface area contributed by atoms with Gasteiger partial charge in [0.1, 0.15) is 58.6 Å². The topological polar surface area (TPSA) is 359 Å². The molecule has 0 spiro atoms. The Balaban J connectivity index is -0.000000334. The number of carbonyl (C=O) groups excluding carboxylic acids is 14. The van der Waals surface area contributed by atoms with Crippen LogP contribution in [-0.4, -0.2) is 167 Å². The van der Waals surface area contributed by atoms with Gasteiger partial charge in [-0.2, -0.15) is 0 Å². The van der Waals surface area contributed by atoms with Crippen LogP contribution in [0.2, 0.25) is 0 Å². The van der Waals surface area contributed by atoms with Crippen LogP contribution >= 0.6 is 0 Å². The van der Waals surface area contributed by atoms with Crippen molar-refractivity contribution in [3.05, 3.63) is 0 Å². The van der Waals surface area contributed by atoms with E-state index in [1.807, 2.05) is 69.2 Å². The van der Waals surface area contributed by atoms with Gasteiger partial charge in [0.25, 0.3) is 0 Å². The van der Waals surface area contributed by atoms with Crippen molar-refractivity contribution in [3.8, 4) is 0 Å². The second-order valence-electron chi connectivity index (χ2n) is 35.7. The zero-order valence-corrected chi connectivity index (χ0v) is 80.0. The van der Waals surface area contributed by atoms with E-state index in [4.69, 9.17) is 61.6 Å². The normalized spacial score (nSPS) is 11.6. The van der Waals surface area contributed by atoms with Crippen molar-refractivity contribution in [1.29, 1.82) is 0 Å². The van der Waals surface area contributed by atoms with Crippen molar-refractivity contribution in [1.82, 2.24) is 0 Å². The molecule has 0 aliphatic carbocycles. The molecular weight excluding hydrogens is 1540 g/mol. The lowest BCUT2D eigenvalue weighted by Crippen LogP contribution is -2.33. The van der Waals surface area contributed by atoms with Gasteiger partial charge in [0.05, 0.1) is 53.4 Å². The fourth-order valence-corrected chi connectivity index (χ4v) is 8.75. The Morgan fingerprint density at radius 3 is 0.647 bits per heavy atom. The van der Waals surface area contributed by atoms with E-state index in [-0.39, 0.29) is 197 Å². The van der Waals surface area contributed by atoms with Gasteiger partial charge in [-0.1, -0.05) is 272 Å². The van der Waals surface area contributed by atoms with E-state index in [1.54, 1.807) is 111 Å². The summed E-state index contributed by atoms with van der Waals surface area (Å²) >= 11 is 0. The number of carbonyl (C=O) groups is 14. The van der Waals surface area contributed by atoms with Gasteiger partial charge in [0, 0.05) is 44.4 Å². The minimum absolute atomic E-state index is 0.0197. The molecule has 0 heterocycles. The second kappa shape index (κ2) is 74.6. The number of Topliss-reactive ketones (excluding diaryl/α,β-unsaturated/α-hetero) is 1. The van der Waals surface area contributed by atoms with Gasteiger partial charge in [-0.15, -0.1) is 0 Å². The third-order valence-corrected chi connectivity index (χ3v) is 15.9. The summed E-state index contributed by atoms with van der Waals surface area (Å²) in [4.78, 5) is 162. The van der Waals surface area contributed by atoms with Gasteiger partial charge in [-0.25, -0.2) is 0 Å². The van der Waals surface area contributed by atoms with Crippen LogP contribution in [0.5, 0.6) is 0 Å². The van der Waals surface area contributed by atoms with Gasteiger partial charge < -0.3 is 61.6 Å². The maximum Gasteiger partial charge on any atom is 0.308 e. The fraction of sp³-hybridized carbons (Fsp3) is 0.848. The molecule has 2 atom stereocenters. The van der Waals surface area contributed by atoms with Gasteiger partial charge >= 0.3 is 77.6 Å². The van der Waals surface area contributed by atoms with E-state index in [1.165, 1.54) is 38.5 Å². The largest absolute Gasteiger partial charge is 0.463 e. The molecular formula is C92H168O27. The predicted octanol–water partition coefficient (Wildman–Crippen LogP) is 18.3. The summed E-state index contributed by atoms with van der Waals surface area (Å²) in [6.45, 7) is 58.8. The minimum Gasteiger partial charge on any atom is -0.463 e. The molecule has 119 heavy (non-hydrogen) atoms. The molecule has 0 unspecified atom stereocenters. The SMILES string of the molecule is CC(C)CC(=O)C(C)C.CC(C)CC(=O)OC(C)C.CC(C)CC(=O)OC(COC(=O)C(C)C)COC(=O)C(C)C.CC(C)CC(=O)OC[C@@H](COC(=O)C(C)C)OC(=O)C(C)C.CC(C)CCCCCCCC(=O)OC(COC(=O)C(C)C)COC(=O)C(C)C.CC(C)CCCCCCCC(=O)OC[C@@H](COC(=O)C(C)C)OC(=O)C(C)C. The summed E-state index contributed by atoms with van der Waals surface area (Å²) in [5, 5.41) is 0. The number of ether oxygens (including phenoxy) is 13. The van der Waals surface area contributed by atoms with Gasteiger partial charge in [0.15, 0.2) is 24.4 Å². The molecule has 0 aromatic heterocycles. The van der Waals surface area contributed by atoms with Crippen molar-refractivity contribution in [2.24, 2.45) is 88.8 Å². The zero-order valence-electron chi connectivity index (χ0n) is 80.0. The van der Waals surface area contributed by atoms with Crippen molar-refractivity contribution >= 4 is 83.4 Å². The summed E-state index contributed by atoms with van der Waals surface area (Å²) < 4.78 is 66.9. The Kier molecular flexibility index (Phi) is 76.9. The van der Waals surface area contributed by atoms with E-state index in [0.717, 1.165) is 56.8 Å². The average Bonchev–Trinajstić information content (AvgIpc) is 0.940. The van der Waals surface area contributed by atoms with Crippen molar-refractivity contribution in [3.63, 3.8) is 0 Å². The predicted molar refractivity (Wildman–Crippen MR) is 459 cm³/mol. The molecule has 0 N–H and O–H groups in total. The molecule has 0 aromatic carbocycles. The molecule has 27 heteroatoms. The first-order valence-corrected chi connectivity index (χ1v) is 43.9. The average molecular weight is 1710 g/mol. The molecule has 0 amide bonds. The lowest BCUT2D eigenvalue weighted by molar-refractivity contribution is -0.170. The van der Waals surface area contributed by atoms with Gasteiger partial charge in [-0.3, -0.25) is 67.1 Å². The third kappa shape index (κ3) is 84.2. The van der Waals surface area contributed by atoms with Crippen molar-refractivity contribution in [2.75, 3.05) is 52.9 Å². The molecule has 0 aromatic rings. The standard InChI is InChI=1S/2C22H40O6.2C16H28O6.C8H16O2.C8H16O/c1-16(2)12-10-8-7-9-11-13-20(23)28-19(14-26-21(24)17(3)4)15-27-22(25)18(5)6;1-16(2)12-10-8-7-9-11-13-20(23)26-14-19(28-22(25)18(5)6)15-27-21(24)17(3)4;1-10(2)7-14(17)22-13(8-20-15(18)11(3)4)9-21-16(19)12(5)6;1-10(2)7-14(17)20-8-13(22-16(19)12(5)6)9-21-15(18)11(3)4;1-6(2)5-8(9)10-7(3)4;1-6(2)5-8(9)7(3)4/h2*16-19H,7-15H2,1-6H3;2*10-13H,7-9H2,1-6H3;6-7H,5H2,1-4H3;6-7H,5H2,1-4H3/t;19-;;13-;;/m.0.0../s1. The van der Waals surface area contributed by atoms with Crippen LogP contribution in [0.4, 0.5) is 0 Å². The Morgan fingerprint density at radius 1 is 0.185 bits per heavy atom. The van der Waals surface area contributed by atoms with Crippen molar-refractivity contribution < 1.29 is 129 Å². The fourth-order valence-electron chi connectivity index (χ4n) is 8.75. The molecule has 0 radical (unpaired) electrons. The Labute approximate surface area is 718 Å². The summed E-state index contributed by atoms with van der Waals surface area (Å²) in [5.74, 6) is -3.61. The highest BCUT2D eigenvalue weighted by atomic mass is 16.6. The van der Waals surface area contributed by atoms with E-state index < -0.39 is 42.3 Å². The molecule has 0 rings (SSSR count). The smallest absolute Gasteiger partial charge is 0.308 e. The number of hydrogen-bond donors (Lipinski definition) is 0. The molecule has 0 aliphatic heterocycles. The lowest BCUT2D eigenvalue weighted by atomic mass is 9.99. The Hall–Kier alpha value is -7.22. The first kappa shape index (κ1) is 123. The second-order valence-corrected chi connectivity index (χ2v) is 35.7. The number of esters is 13. The molecule has 27 nitrogen and oxygen atoms in total. The Bertz CT molecular complexity index is 2690. The molecule has 0 saturated carbocycles. The van der Waals surface area contributed by atoms with Crippen LogP contribution in [0.1, 0.15) is 337 Å². The maximum absolute atomic E-state index is 12.1. The highest BCUT2D eigenvalue weighted by Crippen LogP contribution is 2.17. The number of unbranched alkanes of at least 4 members (excludes halogenated alkanes) is 8. The lowest BCUT2D eigenvalue weighted by Gasteiger charge is -2.20. The highest BCUT2D eigenvalue weighted by molar-refractivity contribution is 5.80. The van der Waals surface area contributed by atoms with Crippen LogP contribution in [0, 0.1) is 88.8 Å². The summed E-state index contributed by atoms with van der Waals surface area (Å²) in [5.41, 5.74) is 0. The first-order chi connectivity index (χ1) is 55.1. The number of rotatable bonds is 54. The molecule has 0 saturated heterocycles. The van der Waals surface area contributed by atoms with Crippen LogP contribution in [0.3, 0.4) is 0 Å².